The molecule has 6 nitrogen and oxygen atoms in total. The lowest BCUT2D eigenvalue weighted by Crippen LogP contribution is -2.24. The number of aromatic nitrogens is 2. The van der Waals surface area contributed by atoms with Crippen LogP contribution in [0.3, 0.4) is 0 Å². The van der Waals surface area contributed by atoms with E-state index in [9.17, 15) is 4.79 Å². The first kappa shape index (κ1) is 16.8. The van der Waals surface area contributed by atoms with Gasteiger partial charge in [-0.2, -0.15) is 0 Å². The number of ether oxygens (including phenoxy) is 2. The van der Waals surface area contributed by atoms with Crippen molar-refractivity contribution in [3.63, 3.8) is 0 Å². The van der Waals surface area contributed by atoms with E-state index in [2.05, 4.69) is 10.3 Å². The van der Waals surface area contributed by atoms with Crippen LogP contribution in [0.15, 0.2) is 42.5 Å². The lowest BCUT2D eigenvalue weighted by molar-refractivity contribution is 0.0949. The lowest BCUT2D eigenvalue weighted by atomic mass is 10.2. The van der Waals surface area contributed by atoms with Crippen LogP contribution < -0.4 is 14.8 Å². The number of carbonyl (C=O) groups is 1. The molecule has 3 rings (SSSR count). The highest BCUT2D eigenvalue weighted by Gasteiger charge is 2.13. The van der Waals surface area contributed by atoms with Gasteiger partial charge < -0.3 is 19.4 Å². The molecule has 0 aliphatic rings. The number of aryl methyl sites for hydroxylation is 1. The molecule has 3 aromatic rings. The fraction of sp³-hybridized carbons (Fsp3) is 0.263. The van der Waals surface area contributed by atoms with Gasteiger partial charge in [0.15, 0.2) is 11.5 Å². The summed E-state index contributed by atoms with van der Waals surface area (Å²) < 4.78 is 12.7. The van der Waals surface area contributed by atoms with Crippen LogP contribution in [0.25, 0.3) is 11.0 Å². The standard InChI is InChI=1S/C19H21N3O3/c1-4-25-17-11-13(9-10-16(17)24-3)19(23)20-12-18-21-14-7-5-6-8-15(14)22(18)2/h5-11H,4,12H2,1-3H3,(H,20,23). The zero-order valence-corrected chi connectivity index (χ0v) is 14.6. The summed E-state index contributed by atoms with van der Waals surface area (Å²) in [7, 11) is 3.51. The van der Waals surface area contributed by atoms with E-state index in [-0.39, 0.29) is 5.91 Å². The predicted octanol–water partition coefficient (Wildman–Crippen LogP) is 2.91. The number of hydrogen-bond donors (Lipinski definition) is 1. The summed E-state index contributed by atoms with van der Waals surface area (Å²) in [4.78, 5) is 17.0. The normalized spacial score (nSPS) is 10.7. The highest BCUT2D eigenvalue weighted by atomic mass is 16.5. The monoisotopic (exact) mass is 339 g/mol. The van der Waals surface area contributed by atoms with Gasteiger partial charge in [0, 0.05) is 12.6 Å². The number of benzene rings is 2. The van der Waals surface area contributed by atoms with Gasteiger partial charge in [-0.15, -0.1) is 0 Å². The average molecular weight is 339 g/mol. The van der Waals surface area contributed by atoms with E-state index in [0.717, 1.165) is 16.9 Å². The molecule has 0 saturated carbocycles. The maximum Gasteiger partial charge on any atom is 0.251 e. The summed E-state index contributed by atoms with van der Waals surface area (Å²) in [5.74, 6) is 1.78. The van der Waals surface area contributed by atoms with Gasteiger partial charge in [0.2, 0.25) is 0 Å². The molecule has 0 fully saturated rings. The fourth-order valence-electron chi connectivity index (χ4n) is 2.70. The third-order valence-corrected chi connectivity index (χ3v) is 4.01. The molecule has 130 valence electrons. The van der Waals surface area contributed by atoms with E-state index in [4.69, 9.17) is 9.47 Å². The van der Waals surface area contributed by atoms with Crippen LogP contribution in [0.4, 0.5) is 0 Å². The van der Waals surface area contributed by atoms with E-state index in [1.54, 1.807) is 25.3 Å². The van der Waals surface area contributed by atoms with Gasteiger partial charge in [0.05, 0.1) is 31.3 Å². The topological polar surface area (TPSA) is 65.4 Å². The van der Waals surface area contributed by atoms with Gasteiger partial charge in [-0.1, -0.05) is 12.1 Å². The van der Waals surface area contributed by atoms with Gasteiger partial charge in [-0.25, -0.2) is 4.98 Å². The first-order valence-electron chi connectivity index (χ1n) is 8.13. The fourth-order valence-corrected chi connectivity index (χ4v) is 2.70. The minimum Gasteiger partial charge on any atom is -0.493 e. The van der Waals surface area contributed by atoms with Crippen molar-refractivity contribution >= 4 is 16.9 Å². The molecule has 0 radical (unpaired) electrons. The Kier molecular flexibility index (Phi) is 4.88. The second-order valence-electron chi connectivity index (χ2n) is 5.56. The van der Waals surface area contributed by atoms with Crippen LogP contribution in [0, 0.1) is 0 Å². The Morgan fingerprint density at radius 3 is 2.72 bits per heavy atom. The number of hydrogen-bond acceptors (Lipinski definition) is 4. The Labute approximate surface area is 146 Å². The second kappa shape index (κ2) is 7.25. The van der Waals surface area contributed by atoms with Gasteiger partial charge in [-0.05, 0) is 37.3 Å². The number of methoxy groups -OCH3 is 1. The minimum atomic E-state index is -0.185. The summed E-state index contributed by atoms with van der Waals surface area (Å²) in [6.07, 6.45) is 0. The molecule has 0 bridgehead atoms. The Morgan fingerprint density at radius 1 is 1.20 bits per heavy atom. The molecule has 1 N–H and O–H groups in total. The van der Waals surface area contributed by atoms with Crippen molar-refractivity contribution in [1.29, 1.82) is 0 Å². The summed E-state index contributed by atoms with van der Waals surface area (Å²) in [6.45, 7) is 2.74. The smallest absolute Gasteiger partial charge is 0.251 e. The van der Waals surface area contributed by atoms with Crippen LogP contribution in [-0.2, 0) is 13.6 Å². The molecule has 0 unspecified atom stereocenters. The first-order valence-corrected chi connectivity index (χ1v) is 8.13. The maximum absolute atomic E-state index is 12.5. The molecule has 0 spiro atoms. The van der Waals surface area contributed by atoms with Crippen molar-refractivity contribution in [2.24, 2.45) is 7.05 Å². The number of carbonyl (C=O) groups excluding carboxylic acids is 1. The number of nitrogens with zero attached hydrogens (tertiary/aromatic N) is 2. The van der Waals surface area contributed by atoms with Crippen LogP contribution >= 0.6 is 0 Å². The van der Waals surface area contributed by atoms with E-state index >= 15 is 0 Å². The van der Waals surface area contributed by atoms with Crippen LogP contribution in [0.5, 0.6) is 11.5 Å². The summed E-state index contributed by atoms with van der Waals surface area (Å²) >= 11 is 0. The SMILES string of the molecule is CCOc1cc(C(=O)NCc2nc3ccccc3n2C)ccc1OC. The van der Waals surface area contributed by atoms with Crippen molar-refractivity contribution in [2.45, 2.75) is 13.5 Å². The van der Waals surface area contributed by atoms with E-state index in [0.29, 0.717) is 30.2 Å². The minimum absolute atomic E-state index is 0.185. The van der Waals surface area contributed by atoms with Crippen molar-refractivity contribution in [3.8, 4) is 11.5 Å². The number of amides is 1. The summed E-state index contributed by atoms with van der Waals surface area (Å²) in [5, 5.41) is 2.91. The van der Waals surface area contributed by atoms with Crippen molar-refractivity contribution in [1.82, 2.24) is 14.9 Å². The Hall–Kier alpha value is -3.02. The van der Waals surface area contributed by atoms with E-state index in [1.807, 2.05) is 42.8 Å². The van der Waals surface area contributed by atoms with Crippen molar-refractivity contribution in [2.75, 3.05) is 13.7 Å². The number of imidazole rings is 1. The Balaban J connectivity index is 1.75. The molecule has 1 amide bonds. The Morgan fingerprint density at radius 2 is 2.00 bits per heavy atom. The molecule has 1 aromatic heterocycles. The molecular formula is C19H21N3O3. The van der Waals surface area contributed by atoms with Gasteiger partial charge in [0.25, 0.3) is 5.91 Å². The van der Waals surface area contributed by atoms with E-state index in [1.165, 1.54) is 0 Å². The van der Waals surface area contributed by atoms with Crippen LogP contribution in [0.1, 0.15) is 23.1 Å². The zero-order chi connectivity index (χ0) is 17.8. The highest BCUT2D eigenvalue weighted by molar-refractivity contribution is 5.94. The van der Waals surface area contributed by atoms with Gasteiger partial charge >= 0.3 is 0 Å². The average Bonchev–Trinajstić information content (AvgIpc) is 2.96. The zero-order valence-electron chi connectivity index (χ0n) is 14.6. The molecule has 2 aromatic carbocycles. The number of nitrogens with one attached hydrogen (secondary N) is 1. The molecule has 6 heteroatoms. The molecule has 1 heterocycles. The van der Waals surface area contributed by atoms with Crippen molar-refractivity contribution in [3.05, 3.63) is 53.9 Å². The highest BCUT2D eigenvalue weighted by Crippen LogP contribution is 2.28. The quantitative estimate of drug-likeness (QED) is 0.750. The summed E-state index contributed by atoms with van der Waals surface area (Å²) in [6, 6.07) is 13.0. The number of para-hydroxylation sites is 2. The second-order valence-corrected chi connectivity index (χ2v) is 5.56. The maximum atomic E-state index is 12.5. The van der Waals surface area contributed by atoms with Crippen LogP contribution in [-0.4, -0.2) is 29.2 Å². The predicted molar refractivity (Wildman–Crippen MR) is 96.0 cm³/mol. The molecule has 0 atom stereocenters. The third-order valence-electron chi connectivity index (χ3n) is 4.01. The number of rotatable bonds is 6. The van der Waals surface area contributed by atoms with Gasteiger partial charge in [0.1, 0.15) is 5.82 Å². The first-order chi connectivity index (χ1) is 12.1. The number of fused-ring (bicyclic) bond motifs is 1. The van der Waals surface area contributed by atoms with Gasteiger partial charge in [-0.3, -0.25) is 4.79 Å². The summed E-state index contributed by atoms with van der Waals surface area (Å²) in [5.41, 5.74) is 2.47. The largest absolute Gasteiger partial charge is 0.493 e. The van der Waals surface area contributed by atoms with Crippen molar-refractivity contribution < 1.29 is 14.3 Å². The molecule has 0 aliphatic heterocycles. The third kappa shape index (κ3) is 3.42. The van der Waals surface area contributed by atoms with Crippen LogP contribution in [0.2, 0.25) is 0 Å². The molecule has 0 aliphatic carbocycles. The molecular weight excluding hydrogens is 318 g/mol. The Bertz CT molecular complexity index is 902. The molecule has 25 heavy (non-hydrogen) atoms. The van der Waals surface area contributed by atoms with E-state index < -0.39 is 0 Å². The molecule has 0 saturated heterocycles. The lowest BCUT2D eigenvalue weighted by Gasteiger charge is -2.11.